The Hall–Kier alpha value is -0.680. The number of halogens is 1. The normalized spacial score (nSPS) is 44.2. The first-order valence-corrected chi connectivity index (χ1v) is 3.19. The van der Waals surface area contributed by atoms with Crippen molar-refractivity contribution in [1.29, 1.82) is 0 Å². The lowest BCUT2D eigenvalue weighted by atomic mass is 10.0. The summed E-state index contributed by atoms with van der Waals surface area (Å²) >= 11 is 0. The Morgan fingerprint density at radius 3 is 2.55 bits per heavy atom. The maximum atomic E-state index is 13.0. The van der Waals surface area contributed by atoms with Gasteiger partial charge in [-0.2, -0.15) is 0 Å². The highest BCUT2D eigenvalue weighted by atomic mass is 19.1. The number of hydrogen-bond donors (Lipinski definition) is 2. The third kappa shape index (κ3) is 1.10. The van der Waals surface area contributed by atoms with Crippen molar-refractivity contribution in [3.63, 3.8) is 0 Å². The van der Waals surface area contributed by atoms with Crippen LogP contribution < -0.4 is 0 Å². The van der Waals surface area contributed by atoms with Gasteiger partial charge in [-0.05, 0) is 6.92 Å². The molecule has 1 heterocycles. The van der Waals surface area contributed by atoms with Gasteiger partial charge in [0.05, 0.1) is 6.61 Å². The van der Waals surface area contributed by atoms with Crippen molar-refractivity contribution < 1.29 is 24.1 Å². The Balaban J connectivity index is 2.80. The summed E-state index contributed by atoms with van der Waals surface area (Å²) in [7, 11) is 0. The van der Waals surface area contributed by atoms with Gasteiger partial charge >= 0.3 is 5.97 Å². The Morgan fingerprint density at radius 2 is 2.36 bits per heavy atom. The van der Waals surface area contributed by atoms with Gasteiger partial charge in [0.25, 0.3) is 0 Å². The van der Waals surface area contributed by atoms with Crippen LogP contribution in [0.4, 0.5) is 4.39 Å². The van der Waals surface area contributed by atoms with E-state index in [-0.39, 0.29) is 0 Å². The van der Waals surface area contributed by atoms with Gasteiger partial charge in [-0.3, -0.25) is 0 Å². The van der Waals surface area contributed by atoms with Crippen LogP contribution in [0.5, 0.6) is 0 Å². The molecule has 1 aliphatic heterocycles. The fourth-order valence-corrected chi connectivity index (χ4v) is 0.924. The molecule has 0 radical (unpaired) electrons. The number of ether oxygens (including phenoxy) is 1. The van der Waals surface area contributed by atoms with E-state index < -0.39 is 30.5 Å². The van der Waals surface area contributed by atoms with Gasteiger partial charge in [-0.25, -0.2) is 9.18 Å². The molecule has 3 atom stereocenters. The van der Waals surface area contributed by atoms with Crippen molar-refractivity contribution in [2.45, 2.75) is 24.8 Å². The van der Waals surface area contributed by atoms with Crippen molar-refractivity contribution in [1.82, 2.24) is 0 Å². The predicted molar refractivity (Wildman–Crippen MR) is 32.5 cm³/mol. The highest BCUT2D eigenvalue weighted by Crippen LogP contribution is 2.29. The maximum Gasteiger partial charge on any atom is 0.346 e. The first-order chi connectivity index (χ1) is 5.00. The average molecular weight is 164 g/mol. The minimum absolute atomic E-state index is 0.563. The zero-order valence-corrected chi connectivity index (χ0v) is 5.95. The molecule has 1 fully saturated rings. The minimum atomic E-state index is -2.38. The summed E-state index contributed by atoms with van der Waals surface area (Å²) < 4.78 is 17.3. The molecular weight excluding hydrogens is 155 g/mol. The smallest absolute Gasteiger partial charge is 0.346 e. The Kier molecular flexibility index (Phi) is 1.85. The van der Waals surface area contributed by atoms with Crippen molar-refractivity contribution >= 4 is 5.97 Å². The Bertz CT molecular complexity index is 179. The fraction of sp³-hybridized carbons (Fsp3) is 0.833. The minimum Gasteiger partial charge on any atom is -0.455 e. The van der Waals surface area contributed by atoms with Crippen LogP contribution >= 0.6 is 0 Å². The summed E-state index contributed by atoms with van der Waals surface area (Å²) in [6.07, 6.45) is -2.70. The highest BCUT2D eigenvalue weighted by Gasteiger charge is 2.54. The quantitative estimate of drug-likeness (QED) is 0.487. The van der Waals surface area contributed by atoms with Crippen molar-refractivity contribution in [2.75, 3.05) is 6.61 Å². The second-order valence-corrected chi connectivity index (χ2v) is 2.65. The van der Waals surface area contributed by atoms with Gasteiger partial charge in [-0.15, -0.1) is 0 Å². The van der Waals surface area contributed by atoms with Crippen LogP contribution in [0.25, 0.3) is 0 Å². The second kappa shape index (κ2) is 2.42. The van der Waals surface area contributed by atoms with Crippen LogP contribution in [0.3, 0.4) is 0 Å². The molecule has 0 bridgehead atoms. The summed E-state index contributed by atoms with van der Waals surface area (Å²) in [5.41, 5.74) is -2.38. The molecule has 0 saturated carbocycles. The lowest BCUT2D eigenvalue weighted by molar-refractivity contribution is -0.150. The number of rotatable bonds is 1. The summed E-state index contributed by atoms with van der Waals surface area (Å²) in [5, 5.41) is 17.5. The predicted octanol–water partition coefficient (Wildman–Crippen LogP) is -1.01. The van der Waals surface area contributed by atoms with Gasteiger partial charge in [0.2, 0.25) is 5.67 Å². The molecule has 0 aromatic heterocycles. The van der Waals surface area contributed by atoms with E-state index in [9.17, 15) is 9.18 Å². The number of carbonyl (C=O) groups excluding carboxylic acids is 1. The number of carbonyl (C=O) groups is 1. The van der Waals surface area contributed by atoms with Crippen molar-refractivity contribution in [3.8, 4) is 0 Å². The van der Waals surface area contributed by atoms with Crippen molar-refractivity contribution in [3.05, 3.63) is 0 Å². The molecule has 0 aliphatic carbocycles. The van der Waals surface area contributed by atoms with E-state index in [2.05, 4.69) is 4.74 Å². The Morgan fingerprint density at radius 1 is 1.82 bits per heavy atom. The first-order valence-electron chi connectivity index (χ1n) is 3.19. The zero-order valence-electron chi connectivity index (χ0n) is 5.95. The molecule has 4 nitrogen and oxygen atoms in total. The van der Waals surface area contributed by atoms with E-state index in [1.165, 1.54) is 0 Å². The van der Waals surface area contributed by atoms with Crippen LogP contribution in [-0.2, 0) is 9.53 Å². The zero-order chi connectivity index (χ0) is 8.65. The van der Waals surface area contributed by atoms with E-state index in [1.54, 1.807) is 0 Å². The van der Waals surface area contributed by atoms with Gasteiger partial charge < -0.3 is 14.9 Å². The van der Waals surface area contributed by atoms with Crippen LogP contribution in [0.15, 0.2) is 0 Å². The molecular formula is C6H9FO4. The highest BCUT2D eigenvalue weighted by molar-refractivity contribution is 5.82. The van der Waals surface area contributed by atoms with Gasteiger partial charge in [0, 0.05) is 0 Å². The van der Waals surface area contributed by atoms with Gasteiger partial charge in [0.1, 0.15) is 6.10 Å². The molecule has 0 aromatic carbocycles. The molecule has 0 aromatic rings. The molecule has 0 amide bonds. The molecule has 1 saturated heterocycles. The largest absolute Gasteiger partial charge is 0.455 e. The molecule has 64 valence electrons. The summed E-state index contributed by atoms with van der Waals surface area (Å²) in [6, 6.07) is 0. The van der Waals surface area contributed by atoms with Crippen molar-refractivity contribution in [2.24, 2.45) is 0 Å². The molecule has 5 heteroatoms. The third-order valence-corrected chi connectivity index (χ3v) is 1.75. The lowest BCUT2D eigenvalue weighted by Crippen LogP contribution is -2.40. The molecule has 2 N–H and O–H groups in total. The molecule has 2 unspecified atom stereocenters. The monoisotopic (exact) mass is 164 g/mol. The standard InChI is InChI=1S/C6H9FO4/c1-6(7)4(9)3(2-8)11-5(6)10/h3-4,8-9H,2H2,1H3/t3?,4?,6-/m0/s1. The van der Waals surface area contributed by atoms with E-state index in [4.69, 9.17) is 10.2 Å². The van der Waals surface area contributed by atoms with Crippen LogP contribution in [0.1, 0.15) is 6.92 Å². The van der Waals surface area contributed by atoms with E-state index in [1.807, 2.05) is 0 Å². The lowest BCUT2D eigenvalue weighted by Gasteiger charge is -2.14. The number of hydrogen-bond acceptors (Lipinski definition) is 4. The van der Waals surface area contributed by atoms with Crippen LogP contribution in [0, 0.1) is 0 Å². The summed E-state index contributed by atoms with van der Waals surface area (Å²) in [5.74, 6) is -1.12. The number of esters is 1. The number of aliphatic hydroxyl groups excluding tert-OH is 2. The summed E-state index contributed by atoms with van der Waals surface area (Å²) in [6.45, 7) is 0.363. The fourth-order valence-electron chi connectivity index (χ4n) is 0.924. The van der Waals surface area contributed by atoms with E-state index >= 15 is 0 Å². The van der Waals surface area contributed by atoms with Gasteiger partial charge in [0.15, 0.2) is 6.10 Å². The van der Waals surface area contributed by atoms with Crippen LogP contribution in [0.2, 0.25) is 0 Å². The maximum absolute atomic E-state index is 13.0. The van der Waals surface area contributed by atoms with E-state index in [0.717, 1.165) is 6.92 Å². The van der Waals surface area contributed by atoms with Crippen LogP contribution in [-0.4, -0.2) is 40.7 Å². The molecule has 1 rings (SSSR count). The number of aliphatic hydroxyl groups is 2. The second-order valence-electron chi connectivity index (χ2n) is 2.65. The summed E-state index contributed by atoms with van der Waals surface area (Å²) in [4.78, 5) is 10.6. The Labute approximate surface area is 62.6 Å². The third-order valence-electron chi connectivity index (χ3n) is 1.75. The molecule has 0 spiro atoms. The topological polar surface area (TPSA) is 66.8 Å². The SMILES string of the molecule is C[C@@]1(F)C(=O)OC(CO)C1O. The molecule has 11 heavy (non-hydrogen) atoms. The number of cyclic esters (lactones) is 1. The first kappa shape index (κ1) is 8.42. The van der Waals surface area contributed by atoms with Gasteiger partial charge in [-0.1, -0.05) is 0 Å². The molecule has 1 aliphatic rings. The number of alkyl halides is 1. The van der Waals surface area contributed by atoms with E-state index in [0.29, 0.717) is 0 Å². The average Bonchev–Trinajstić information content (AvgIpc) is 2.14.